The quantitative estimate of drug-likeness (QED) is 0.184. The molecule has 10 aromatic rings. The second-order valence-corrected chi connectivity index (χ2v) is 13.3. The summed E-state index contributed by atoms with van der Waals surface area (Å²) in [5.41, 5.74) is 7.14. The molecule has 0 radical (unpaired) electrons. The summed E-state index contributed by atoms with van der Waals surface area (Å²) < 4.78 is 8.76. The first-order valence-electron chi connectivity index (χ1n) is 16.5. The predicted molar refractivity (Wildman–Crippen MR) is 205 cm³/mol. The van der Waals surface area contributed by atoms with Gasteiger partial charge in [0.2, 0.25) is 5.89 Å². The highest BCUT2D eigenvalue weighted by molar-refractivity contribution is 7.26. The van der Waals surface area contributed by atoms with Crippen molar-refractivity contribution in [2.45, 2.75) is 0 Å². The number of thiophene rings is 1. The summed E-state index contributed by atoms with van der Waals surface area (Å²) in [6, 6.07) is 54.0. The molecule has 3 aromatic heterocycles. The van der Waals surface area contributed by atoms with Crippen molar-refractivity contribution < 1.29 is 4.42 Å². The fourth-order valence-corrected chi connectivity index (χ4v) is 7.99. The number of rotatable bonds is 5. The van der Waals surface area contributed by atoms with Crippen molar-refractivity contribution in [3.8, 4) is 56.7 Å². The molecular weight excluding hydrogens is 633 g/mol. The smallest absolute Gasteiger partial charge is 0.227 e. The van der Waals surface area contributed by atoms with E-state index in [1.807, 2.05) is 42.5 Å². The van der Waals surface area contributed by atoms with Crippen LogP contribution in [0.1, 0.15) is 0 Å². The molecule has 0 saturated heterocycles. The normalized spacial score (nSPS) is 11.6. The first kappa shape index (κ1) is 28.5. The van der Waals surface area contributed by atoms with Crippen LogP contribution < -0.4 is 0 Å². The van der Waals surface area contributed by atoms with Crippen LogP contribution in [-0.2, 0) is 0 Å². The lowest BCUT2D eigenvalue weighted by atomic mass is 9.99. The Morgan fingerprint density at radius 2 is 1.10 bits per heavy atom. The summed E-state index contributed by atoms with van der Waals surface area (Å²) in [4.78, 5) is 20.9. The average molecular weight is 659 g/mol. The van der Waals surface area contributed by atoms with Gasteiger partial charge >= 0.3 is 0 Å². The van der Waals surface area contributed by atoms with Crippen LogP contribution in [0, 0.1) is 0 Å². The lowest BCUT2D eigenvalue weighted by molar-refractivity contribution is 0.620. The second-order valence-electron chi connectivity index (χ2n) is 12.2. The lowest BCUT2D eigenvalue weighted by Crippen LogP contribution is -2.01. The highest BCUT2D eigenvalue weighted by Gasteiger charge is 2.24. The zero-order valence-corrected chi connectivity index (χ0v) is 27.4. The Bertz CT molecular complexity index is 2880. The van der Waals surface area contributed by atoms with Crippen LogP contribution in [0.2, 0.25) is 0 Å². The Morgan fingerprint density at radius 1 is 0.440 bits per heavy atom. The Morgan fingerprint density at radius 3 is 1.94 bits per heavy atom. The predicted octanol–water partition coefficient (Wildman–Crippen LogP) is 11.9. The molecule has 0 atom stereocenters. The van der Waals surface area contributed by atoms with Gasteiger partial charge in [-0.1, -0.05) is 127 Å². The van der Waals surface area contributed by atoms with E-state index in [1.54, 1.807) is 11.3 Å². The molecule has 0 unspecified atom stereocenters. The molecule has 5 nitrogen and oxygen atoms in total. The van der Waals surface area contributed by atoms with Crippen molar-refractivity contribution in [2.75, 3.05) is 0 Å². The summed E-state index contributed by atoms with van der Waals surface area (Å²) in [6.45, 7) is 0. The van der Waals surface area contributed by atoms with Crippen LogP contribution in [-0.4, -0.2) is 19.9 Å². The van der Waals surface area contributed by atoms with Gasteiger partial charge in [0.15, 0.2) is 23.1 Å². The molecule has 0 aliphatic heterocycles. The van der Waals surface area contributed by atoms with Crippen LogP contribution >= 0.6 is 11.3 Å². The van der Waals surface area contributed by atoms with Crippen molar-refractivity contribution in [3.63, 3.8) is 0 Å². The van der Waals surface area contributed by atoms with Crippen molar-refractivity contribution in [1.29, 1.82) is 0 Å². The van der Waals surface area contributed by atoms with Crippen LogP contribution in [0.3, 0.4) is 0 Å². The number of aromatic nitrogens is 4. The Labute approximate surface area is 291 Å². The molecule has 0 aliphatic carbocycles. The average Bonchev–Trinajstić information content (AvgIpc) is 3.79. The van der Waals surface area contributed by atoms with E-state index in [0.717, 1.165) is 65.1 Å². The third kappa shape index (κ3) is 4.77. The monoisotopic (exact) mass is 658 g/mol. The second kappa shape index (κ2) is 11.6. The van der Waals surface area contributed by atoms with Crippen LogP contribution in [0.5, 0.6) is 0 Å². The number of oxazole rings is 1. The van der Waals surface area contributed by atoms with Gasteiger partial charge in [-0.05, 0) is 52.2 Å². The van der Waals surface area contributed by atoms with E-state index in [2.05, 4.69) is 115 Å². The number of hydrogen-bond acceptors (Lipinski definition) is 6. The summed E-state index contributed by atoms with van der Waals surface area (Å²) >= 11 is 1.73. The third-order valence-electron chi connectivity index (χ3n) is 9.17. The largest absolute Gasteiger partial charge is 0.436 e. The highest BCUT2D eigenvalue weighted by Crippen LogP contribution is 2.45. The van der Waals surface area contributed by atoms with E-state index in [1.165, 1.54) is 4.70 Å². The first-order valence-corrected chi connectivity index (χ1v) is 17.3. The molecule has 0 N–H and O–H groups in total. The zero-order chi connectivity index (χ0) is 33.0. The Balaban J connectivity index is 1.30. The van der Waals surface area contributed by atoms with Crippen LogP contribution in [0.25, 0.3) is 98.8 Å². The molecule has 6 heteroatoms. The fourth-order valence-electron chi connectivity index (χ4n) is 6.77. The van der Waals surface area contributed by atoms with Crippen molar-refractivity contribution in [3.05, 3.63) is 158 Å². The van der Waals surface area contributed by atoms with E-state index >= 15 is 0 Å². The molecule has 0 amide bonds. The molecule has 0 spiro atoms. The Hall–Kier alpha value is -6.50. The van der Waals surface area contributed by atoms with Gasteiger partial charge in [-0.15, -0.1) is 11.3 Å². The number of fused-ring (bicyclic) bond motifs is 5. The first-order chi connectivity index (χ1) is 24.8. The molecule has 0 saturated carbocycles. The van der Waals surface area contributed by atoms with Gasteiger partial charge in [0.1, 0.15) is 5.52 Å². The molecule has 7 aromatic carbocycles. The van der Waals surface area contributed by atoms with Gasteiger partial charge in [-0.2, -0.15) is 0 Å². The summed E-state index contributed by atoms with van der Waals surface area (Å²) in [6.07, 6.45) is 0. The van der Waals surface area contributed by atoms with Crippen LogP contribution in [0.4, 0.5) is 0 Å². The van der Waals surface area contributed by atoms with Crippen LogP contribution in [0.15, 0.2) is 162 Å². The van der Waals surface area contributed by atoms with Gasteiger partial charge in [-0.3, -0.25) is 0 Å². The van der Waals surface area contributed by atoms with Crippen molar-refractivity contribution in [1.82, 2.24) is 19.9 Å². The zero-order valence-electron chi connectivity index (χ0n) is 26.6. The van der Waals surface area contributed by atoms with E-state index < -0.39 is 0 Å². The summed E-state index contributed by atoms with van der Waals surface area (Å²) in [7, 11) is 0. The van der Waals surface area contributed by atoms with Gasteiger partial charge < -0.3 is 4.42 Å². The lowest BCUT2D eigenvalue weighted by Gasteiger charge is -2.13. The fraction of sp³-hybridized carbons (Fsp3) is 0. The molecule has 50 heavy (non-hydrogen) atoms. The number of nitrogens with zero attached hydrogens (tertiary/aromatic N) is 4. The maximum absolute atomic E-state index is 6.52. The van der Waals surface area contributed by atoms with Crippen molar-refractivity contribution in [2.24, 2.45) is 0 Å². The molecular formula is C44H26N4OS. The molecule has 3 heterocycles. The van der Waals surface area contributed by atoms with Gasteiger partial charge in [0.25, 0.3) is 0 Å². The third-order valence-corrected chi connectivity index (χ3v) is 10.4. The van der Waals surface area contributed by atoms with E-state index in [9.17, 15) is 0 Å². The van der Waals surface area contributed by atoms with Gasteiger partial charge in [0, 0.05) is 36.9 Å². The summed E-state index contributed by atoms with van der Waals surface area (Å²) in [5, 5.41) is 4.53. The standard InChI is InChI=1S/C44H26N4OS/c1-3-14-28(15-4-1)32-19-9-10-21-34(32)42-46-41(31-24-23-27-13-7-8-18-30(27)25-31)47-43(48-42)38-39-36(49-44(45-39)29-16-5-2-6-17-29)26-35-33-20-11-12-22-37(33)50-40(35)38/h1-26H. The minimum atomic E-state index is 0.552. The minimum Gasteiger partial charge on any atom is -0.436 e. The SMILES string of the molecule is c1ccc(-c2nc3c(-c4nc(-c5ccc6ccccc6c5)nc(-c5ccccc5-c5ccccc5)n4)c4sc5ccccc5c4cc3o2)cc1. The van der Waals surface area contributed by atoms with E-state index in [0.29, 0.717) is 28.9 Å². The molecule has 0 bridgehead atoms. The van der Waals surface area contributed by atoms with E-state index in [-0.39, 0.29) is 0 Å². The minimum absolute atomic E-state index is 0.552. The van der Waals surface area contributed by atoms with E-state index in [4.69, 9.17) is 24.4 Å². The Kier molecular flexibility index (Phi) is 6.60. The highest BCUT2D eigenvalue weighted by atomic mass is 32.1. The topological polar surface area (TPSA) is 64.7 Å². The molecule has 0 aliphatic rings. The molecule has 234 valence electrons. The number of hydrogen-bond donors (Lipinski definition) is 0. The molecule has 0 fully saturated rings. The molecule has 10 rings (SSSR count). The van der Waals surface area contributed by atoms with Gasteiger partial charge in [-0.25, -0.2) is 19.9 Å². The maximum Gasteiger partial charge on any atom is 0.227 e. The van der Waals surface area contributed by atoms with Crippen molar-refractivity contribution >= 4 is 53.4 Å². The number of benzene rings is 7. The maximum atomic E-state index is 6.52. The summed E-state index contributed by atoms with van der Waals surface area (Å²) in [5.74, 6) is 2.30. The van der Waals surface area contributed by atoms with Gasteiger partial charge in [0.05, 0.1) is 5.56 Å².